The first-order valence-corrected chi connectivity index (χ1v) is 13.5. The zero-order valence-corrected chi connectivity index (χ0v) is 23.6. The summed E-state index contributed by atoms with van der Waals surface area (Å²) in [6.07, 6.45) is 19.2. The van der Waals surface area contributed by atoms with Crippen molar-refractivity contribution in [2.45, 2.75) is 147 Å². The third kappa shape index (κ3) is 22.5. The van der Waals surface area contributed by atoms with Gasteiger partial charge in [0.15, 0.2) is 0 Å². The van der Waals surface area contributed by atoms with Gasteiger partial charge < -0.3 is 9.66 Å². The smallest absolute Gasteiger partial charge is 0.748 e. The van der Waals surface area contributed by atoms with Crippen LogP contribution >= 0.6 is 0 Å². The molecule has 0 radical (unpaired) electrons. The SMILES string of the molecule is CCCCCCCCC(O)CCCCCCC(CCCCCCC)S(=O)(=O)[O-].[K+]. The molecule has 1 N–H and O–H groups in total. The molecule has 0 heterocycles. The molecule has 0 aliphatic rings. The zero-order valence-electron chi connectivity index (χ0n) is 19.7. The first kappa shape index (κ1) is 32.7. The summed E-state index contributed by atoms with van der Waals surface area (Å²) in [5, 5.41) is 9.34. The Morgan fingerprint density at radius 1 is 0.621 bits per heavy atom. The molecule has 0 aliphatic carbocycles. The fourth-order valence-corrected chi connectivity index (χ4v) is 4.73. The van der Waals surface area contributed by atoms with Crippen LogP contribution in [0.3, 0.4) is 0 Å². The molecule has 0 spiro atoms. The summed E-state index contributed by atoms with van der Waals surface area (Å²) in [5.41, 5.74) is 0. The third-order valence-electron chi connectivity index (χ3n) is 5.74. The van der Waals surface area contributed by atoms with E-state index >= 15 is 0 Å². The van der Waals surface area contributed by atoms with E-state index in [4.69, 9.17) is 0 Å². The second-order valence-electron chi connectivity index (χ2n) is 8.52. The maximum Gasteiger partial charge on any atom is 1.00 e. The maximum absolute atomic E-state index is 11.5. The van der Waals surface area contributed by atoms with Crippen molar-refractivity contribution >= 4 is 10.1 Å². The normalized spacial score (nSPS) is 13.8. The Bertz CT molecular complexity index is 429. The number of aliphatic hydroxyl groups is 1. The largest absolute Gasteiger partial charge is 1.00 e. The van der Waals surface area contributed by atoms with Crippen LogP contribution in [-0.2, 0) is 10.1 Å². The van der Waals surface area contributed by atoms with Gasteiger partial charge in [0.25, 0.3) is 0 Å². The summed E-state index contributed by atoms with van der Waals surface area (Å²) in [6, 6.07) is 0. The van der Waals surface area contributed by atoms with E-state index in [1.54, 1.807) is 0 Å². The molecule has 0 fully saturated rings. The van der Waals surface area contributed by atoms with Gasteiger partial charge in [0, 0.05) is 5.25 Å². The van der Waals surface area contributed by atoms with Crippen LogP contribution in [0.1, 0.15) is 136 Å². The van der Waals surface area contributed by atoms with Gasteiger partial charge in [-0.1, -0.05) is 110 Å². The molecule has 0 aliphatic heterocycles. The van der Waals surface area contributed by atoms with Crippen molar-refractivity contribution in [3.63, 3.8) is 0 Å². The van der Waals surface area contributed by atoms with E-state index in [1.165, 1.54) is 38.5 Å². The van der Waals surface area contributed by atoms with Crippen LogP contribution in [0.25, 0.3) is 0 Å². The van der Waals surface area contributed by atoms with Crippen molar-refractivity contribution in [1.29, 1.82) is 0 Å². The Hall–Kier alpha value is 1.51. The fraction of sp³-hybridized carbons (Fsp3) is 1.00. The predicted molar refractivity (Wildman–Crippen MR) is 119 cm³/mol. The maximum atomic E-state index is 11.5. The van der Waals surface area contributed by atoms with Crippen LogP contribution in [0.4, 0.5) is 0 Å². The van der Waals surface area contributed by atoms with E-state index in [0.29, 0.717) is 12.8 Å². The van der Waals surface area contributed by atoms with Crippen molar-refractivity contribution in [3.8, 4) is 0 Å². The average molecular weight is 459 g/mol. The molecule has 4 nitrogen and oxygen atoms in total. The Kier molecular flexibility index (Phi) is 25.6. The van der Waals surface area contributed by atoms with Crippen molar-refractivity contribution in [3.05, 3.63) is 0 Å². The van der Waals surface area contributed by atoms with Crippen molar-refractivity contribution < 1.29 is 69.5 Å². The molecule has 2 unspecified atom stereocenters. The summed E-state index contributed by atoms with van der Waals surface area (Å²) in [4.78, 5) is 0. The van der Waals surface area contributed by atoms with E-state index in [9.17, 15) is 18.1 Å². The molecule has 2 atom stereocenters. The van der Waals surface area contributed by atoms with Crippen LogP contribution in [-0.4, -0.2) is 29.4 Å². The third-order valence-corrected chi connectivity index (χ3v) is 7.03. The molecule has 0 aromatic rings. The van der Waals surface area contributed by atoms with Gasteiger partial charge in [0.2, 0.25) is 0 Å². The van der Waals surface area contributed by atoms with Crippen molar-refractivity contribution in [1.82, 2.24) is 0 Å². The topological polar surface area (TPSA) is 77.4 Å². The Morgan fingerprint density at radius 2 is 0.931 bits per heavy atom. The molecule has 0 rings (SSSR count). The van der Waals surface area contributed by atoms with E-state index in [-0.39, 0.29) is 57.5 Å². The zero-order chi connectivity index (χ0) is 21.1. The van der Waals surface area contributed by atoms with E-state index < -0.39 is 15.4 Å². The second-order valence-corrected chi connectivity index (χ2v) is 10.2. The Morgan fingerprint density at radius 3 is 1.28 bits per heavy atom. The number of aliphatic hydroxyl groups excluding tert-OH is 1. The van der Waals surface area contributed by atoms with Crippen LogP contribution in [0.2, 0.25) is 0 Å². The summed E-state index contributed by atoms with van der Waals surface area (Å²) >= 11 is 0. The van der Waals surface area contributed by atoms with Crippen LogP contribution < -0.4 is 51.4 Å². The number of rotatable bonds is 21. The van der Waals surface area contributed by atoms with Gasteiger partial charge in [-0.2, -0.15) is 0 Å². The van der Waals surface area contributed by atoms with Crippen LogP contribution in [0, 0.1) is 0 Å². The minimum Gasteiger partial charge on any atom is -0.748 e. The Labute approximate surface area is 224 Å². The number of hydrogen-bond acceptors (Lipinski definition) is 4. The van der Waals surface area contributed by atoms with Crippen LogP contribution in [0.5, 0.6) is 0 Å². The molecular formula is C23H47KO4S. The summed E-state index contributed by atoms with van der Waals surface area (Å²) in [6.45, 7) is 4.37. The molecule has 170 valence electrons. The van der Waals surface area contributed by atoms with Crippen molar-refractivity contribution in [2.24, 2.45) is 0 Å². The Balaban J connectivity index is 0. The molecule has 0 aromatic heterocycles. The molecule has 0 saturated heterocycles. The predicted octanol–water partition coefficient (Wildman–Crippen LogP) is 3.72. The average Bonchev–Trinajstić information content (AvgIpc) is 2.64. The van der Waals surface area contributed by atoms with Gasteiger partial charge in [0.05, 0.1) is 16.2 Å². The molecule has 6 heteroatoms. The molecular weight excluding hydrogens is 411 g/mol. The number of hydrogen-bond donors (Lipinski definition) is 1. The first-order chi connectivity index (χ1) is 13.4. The quantitative estimate of drug-likeness (QED) is 0.162. The van der Waals surface area contributed by atoms with E-state index in [1.807, 2.05) is 0 Å². The summed E-state index contributed by atoms with van der Waals surface area (Å²) in [7, 11) is -4.17. The van der Waals surface area contributed by atoms with Crippen molar-refractivity contribution in [2.75, 3.05) is 0 Å². The molecule has 0 amide bonds. The van der Waals surface area contributed by atoms with Gasteiger partial charge >= 0.3 is 51.4 Å². The molecule has 0 aromatic carbocycles. The monoisotopic (exact) mass is 458 g/mol. The fourth-order valence-electron chi connectivity index (χ4n) is 3.82. The van der Waals surface area contributed by atoms with Gasteiger partial charge in [-0.3, -0.25) is 0 Å². The molecule has 29 heavy (non-hydrogen) atoms. The number of unbranched alkanes of at least 4 members (excludes halogenated alkanes) is 12. The minimum atomic E-state index is -4.17. The summed E-state index contributed by atoms with van der Waals surface area (Å²) < 4.78 is 34.4. The van der Waals surface area contributed by atoms with Gasteiger partial charge in [-0.25, -0.2) is 8.42 Å². The molecule has 0 bridgehead atoms. The van der Waals surface area contributed by atoms with E-state index in [0.717, 1.165) is 70.6 Å². The van der Waals surface area contributed by atoms with Gasteiger partial charge in [-0.15, -0.1) is 0 Å². The first-order valence-electron chi connectivity index (χ1n) is 12.0. The minimum absolute atomic E-state index is 0. The molecule has 0 saturated carbocycles. The van der Waals surface area contributed by atoms with Crippen LogP contribution in [0.15, 0.2) is 0 Å². The second kappa shape index (κ2) is 22.7. The standard InChI is InChI=1S/C23H48O4S.K/c1-3-5-7-9-11-14-18-22(24)19-15-12-13-17-21-23(28(25,26)27)20-16-10-8-6-4-2;/h22-24H,3-21H2,1-2H3,(H,25,26,27);/q;+1/p-1. The summed E-state index contributed by atoms with van der Waals surface area (Å²) in [5.74, 6) is 0. The van der Waals surface area contributed by atoms with Gasteiger partial charge in [0.1, 0.15) is 0 Å². The van der Waals surface area contributed by atoms with Gasteiger partial charge in [-0.05, 0) is 25.7 Å². The van der Waals surface area contributed by atoms with E-state index in [2.05, 4.69) is 13.8 Å².